The number of aryl methyl sites for hydroxylation is 1. The lowest BCUT2D eigenvalue weighted by molar-refractivity contribution is 0.425. The predicted octanol–water partition coefficient (Wildman–Crippen LogP) is 4.19. The molecule has 2 rings (SSSR count). The van der Waals surface area contributed by atoms with Crippen molar-refractivity contribution in [3.8, 4) is 11.6 Å². The predicted molar refractivity (Wildman–Crippen MR) is 80.5 cm³/mol. The molecule has 1 N–H and O–H groups in total. The third-order valence-corrected chi connectivity index (χ3v) is 3.34. The van der Waals surface area contributed by atoms with Crippen LogP contribution in [-0.4, -0.2) is 11.5 Å². The van der Waals surface area contributed by atoms with E-state index in [1.54, 1.807) is 18.2 Å². The van der Waals surface area contributed by atoms with E-state index in [0.29, 0.717) is 5.88 Å². The Morgan fingerprint density at radius 3 is 2.80 bits per heavy atom. The number of ether oxygens (including phenoxy) is 1. The highest BCUT2D eigenvalue weighted by atomic mass is 79.9. The molecule has 106 valence electrons. The SMILES string of the molecule is CCNCc1ccc(Oc2cc(Br)ccc2F)nc1C. The van der Waals surface area contributed by atoms with Crippen molar-refractivity contribution < 1.29 is 9.13 Å². The summed E-state index contributed by atoms with van der Waals surface area (Å²) in [6.45, 7) is 5.63. The van der Waals surface area contributed by atoms with Crippen LogP contribution in [0.2, 0.25) is 0 Å². The van der Waals surface area contributed by atoms with E-state index in [4.69, 9.17) is 4.74 Å². The lowest BCUT2D eigenvalue weighted by Crippen LogP contribution is -2.13. The molecular formula is C15H16BrFN2O. The average molecular weight is 339 g/mol. The molecule has 1 aromatic heterocycles. The number of pyridine rings is 1. The van der Waals surface area contributed by atoms with Crippen molar-refractivity contribution in [3.63, 3.8) is 0 Å². The number of rotatable bonds is 5. The maximum atomic E-state index is 13.6. The average Bonchev–Trinajstić information content (AvgIpc) is 2.42. The summed E-state index contributed by atoms with van der Waals surface area (Å²) in [6, 6.07) is 8.25. The van der Waals surface area contributed by atoms with Crippen LogP contribution in [0.3, 0.4) is 0 Å². The fourth-order valence-electron chi connectivity index (χ4n) is 1.74. The summed E-state index contributed by atoms with van der Waals surface area (Å²) >= 11 is 3.29. The Morgan fingerprint density at radius 2 is 2.10 bits per heavy atom. The molecule has 0 radical (unpaired) electrons. The molecule has 0 aliphatic carbocycles. The van der Waals surface area contributed by atoms with E-state index in [1.165, 1.54) is 6.07 Å². The van der Waals surface area contributed by atoms with E-state index in [-0.39, 0.29) is 5.75 Å². The molecule has 0 bridgehead atoms. The molecule has 0 spiro atoms. The van der Waals surface area contributed by atoms with E-state index >= 15 is 0 Å². The van der Waals surface area contributed by atoms with Gasteiger partial charge in [0.25, 0.3) is 0 Å². The molecule has 0 unspecified atom stereocenters. The molecule has 1 heterocycles. The number of halogens is 2. The first-order valence-corrected chi connectivity index (χ1v) is 7.19. The van der Waals surface area contributed by atoms with E-state index in [1.807, 2.05) is 13.0 Å². The zero-order chi connectivity index (χ0) is 14.5. The van der Waals surface area contributed by atoms with Gasteiger partial charge in [-0.1, -0.05) is 28.9 Å². The van der Waals surface area contributed by atoms with Crippen molar-refractivity contribution in [3.05, 3.63) is 51.9 Å². The summed E-state index contributed by atoms with van der Waals surface area (Å²) in [5.74, 6) is 0.134. The Kier molecular flexibility index (Phi) is 5.09. The minimum Gasteiger partial charge on any atom is -0.436 e. The minimum atomic E-state index is -0.413. The van der Waals surface area contributed by atoms with Crippen LogP contribution < -0.4 is 10.1 Å². The molecule has 5 heteroatoms. The molecule has 0 aliphatic rings. The molecule has 0 saturated heterocycles. The van der Waals surface area contributed by atoms with E-state index in [2.05, 4.69) is 33.2 Å². The molecule has 2 aromatic rings. The number of hydrogen-bond acceptors (Lipinski definition) is 3. The van der Waals surface area contributed by atoms with Gasteiger partial charge in [0, 0.05) is 22.8 Å². The first-order chi connectivity index (χ1) is 9.60. The van der Waals surface area contributed by atoms with Gasteiger partial charge in [-0.05, 0) is 37.2 Å². The Labute approximate surface area is 126 Å². The first-order valence-electron chi connectivity index (χ1n) is 6.40. The van der Waals surface area contributed by atoms with Gasteiger partial charge in [0.15, 0.2) is 11.6 Å². The maximum absolute atomic E-state index is 13.6. The molecule has 20 heavy (non-hydrogen) atoms. The first kappa shape index (κ1) is 14.9. The van der Waals surface area contributed by atoms with Crippen LogP contribution in [0.5, 0.6) is 11.6 Å². The zero-order valence-corrected chi connectivity index (χ0v) is 13.0. The van der Waals surface area contributed by atoms with Crippen molar-refractivity contribution in [1.29, 1.82) is 0 Å². The normalized spacial score (nSPS) is 10.6. The summed E-state index contributed by atoms with van der Waals surface area (Å²) in [4.78, 5) is 4.35. The molecule has 0 amide bonds. The highest BCUT2D eigenvalue weighted by Gasteiger charge is 2.08. The number of nitrogens with zero attached hydrogens (tertiary/aromatic N) is 1. The van der Waals surface area contributed by atoms with Crippen LogP contribution in [0.4, 0.5) is 4.39 Å². The van der Waals surface area contributed by atoms with Gasteiger partial charge in [0.2, 0.25) is 5.88 Å². The topological polar surface area (TPSA) is 34.1 Å². The summed E-state index contributed by atoms with van der Waals surface area (Å²) in [6.07, 6.45) is 0. The van der Waals surface area contributed by atoms with E-state index in [9.17, 15) is 4.39 Å². The smallest absolute Gasteiger partial charge is 0.219 e. The second-order valence-corrected chi connectivity index (χ2v) is 5.27. The molecule has 3 nitrogen and oxygen atoms in total. The highest BCUT2D eigenvalue weighted by Crippen LogP contribution is 2.27. The number of nitrogens with one attached hydrogen (secondary N) is 1. The largest absolute Gasteiger partial charge is 0.436 e. The lowest BCUT2D eigenvalue weighted by atomic mass is 10.2. The Bertz CT molecular complexity index is 604. The molecule has 0 fully saturated rings. The molecular weight excluding hydrogens is 323 g/mol. The van der Waals surface area contributed by atoms with Crippen LogP contribution in [0.1, 0.15) is 18.2 Å². The lowest BCUT2D eigenvalue weighted by Gasteiger charge is -2.10. The van der Waals surface area contributed by atoms with E-state index in [0.717, 1.165) is 28.8 Å². The standard InChI is InChI=1S/C15H16BrFN2O/c1-3-18-9-11-4-7-15(19-10(11)2)20-14-8-12(16)5-6-13(14)17/h4-8,18H,3,9H2,1-2H3. The van der Waals surface area contributed by atoms with Gasteiger partial charge in [-0.2, -0.15) is 0 Å². The Balaban J connectivity index is 2.17. The van der Waals surface area contributed by atoms with Crippen LogP contribution in [0, 0.1) is 12.7 Å². The number of aromatic nitrogens is 1. The molecule has 1 aromatic carbocycles. The van der Waals surface area contributed by atoms with Crippen molar-refractivity contribution in [2.24, 2.45) is 0 Å². The summed E-state index contributed by atoms with van der Waals surface area (Å²) < 4.78 is 19.9. The van der Waals surface area contributed by atoms with Gasteiger partial charge in [-0.3, -0.25) is 0 Å². The number of hydrogen-bond donors (Lipinski definition) is 1. The summed E-state index contributed by atoms with van der Waals surface area (Å²) in [7, 11) is 0. The van der Waals surface area contributed by atoms with Crippen LogP contribution in [0.25, 0.3) is 0 Å². The van der Waals surface area contributed by atoms with Crippen molar-refractivity contribution in [2.75, 3.05) is 6.54 Å². The summed E-state index contributed by atoms with van der Waals surface area (Å²) in [5, 5.41) is 3.24. The van der Waals surface area contributed by atoms with Gasteiger partial charge < -0.3 is 10.1 Å². The zero-order valence-electron chi connectivity index (χ0n) is 11.4. The second-order valence-electron chi connectivity index (χ2n) is 4.35. The van der Waals surface area contributed by atoms with Crippen LogP contribution in [-0.2, 0) is 6.54 Å². The Morgan fingerprint density at radius 1 is 1.30 bits per heavy atom. The minimum absolute atomic E-state index is 0.158. The highest BCUT2D eigenvalue weighted by molar-refractivity contribution is 9.10. The third-order valence-electron chi connectivity index (χ3n) is 2.84. The van der Waals surface area contributed by atoms with Gasteiger partial charge in [0.05, 0.1) is 0 Å². The fourth-order valence-corrected chi connectivity index (χ4v) is 2.08. The fraction of sp³-hybridized carbons (Fsp3) is 0.267. The summed E-state index contributed by atoms with van der Waals surface area (Å²) in [5.41, 5.74) is 1.98. The van der Waals surface area contributed by atoms with Crippen molar-refractivity contribution >= 4 is 15.9 Å². The quantitative estimate of drug-likeness (QED) is 0.887. The van der Waals surface area contributed by atoms with Crippen molar-refractivity contribution in [1.82, 2.24) is 10.3 Å². The Hall–Kier alpha value is -1.46. The van der Waals surface area contributed by atoms with Gasteiger partial charge >= 0.3 is 0 Å². The van der Waals surface area contributed by atoms with Gasteiger partial charge in [-0.15, -0.1) is 0 Å². The second kappa shape index (κ2) is 6.81. The third kappa shape index (κ3) is 3.77. The van der Waals surface area contributed by atoms with Crippen molar-refractivity contribution in [2.45, 2.75) is 20.4 Å². The number of benzene rings is 1. The van der Waals surface area contributed by atoms with Crippen LogP contribution >= 0.6 is 15.9 Å². The van der Waals surface area contributed by atoms with Gasteiger partial charge in [-0.25, -0.2) is 9.37 Å². The molecule has 0 atom stereocenters. The molecule has 0 saturated carbocycles. The van der Waals surface area contributed by atoms with E-state index < -0.39 is 5.82 Å². The van der Waals surface area contributed by atoms with Crippen LogP contribution in [0.15, 0.2) is 34.8 Å². The maximum Gasteiger partial charge on any atom is 0.219 e. The molecule has 0 aliphatic heterocycles. The monoisotopic (exact) mass is 338 g/mol. The van der Waals surface area contributed by atoms with Gasteiger partial charge in [0.1, 0.15) is 0 Å².